The van der Waals surface area contributed by atoms with Gasteiger partial charge in [0.15, 0.2) is 5.82 Å². The molecule has 1 saturated carbocycles. The fourth-order valence-corrected chi connectivity index (χ4v) is 2.43. The average Bonchev–Trinajstić information content (AvgIpc) is 2.94. The lowest BCUT2D eigenvalue weighted by Gasteiger charge is -2.20. The molecule has 8 nitrogen and oxygen atoms in total. The molecule has 23 heavy (non-hydrogen) atoms. The number of nitrogens with zero attached hydrogens (tertiary/aromatic N) is 2. The molecule has 0 radical (unpaired) electrons. The zero-order chi connectivity index (χ0) is 17.0. The SMILES string of the molecule is N=C(N)N(C(=N)N)C(N)=Nc1c(F)cccc1OC1CCCC1. The topological polar surface area (TPSA) is 151 Å². The van der Waals surface area contributed by atoms with Gasteiger partial charge in [0.05, 0.1) is 6.10 Å². The van der Waals surface area contributed by atoms with Gasteiger partial charge in [-0.1, -0.05) is 6.07 Å². The number of aliphatic imine (C=N–C) groups is 1. The zero-order valence-corrected chi connectivity index (χ0v) is 12.6. The summed E-state index contributed by atoms with van der Waals surface area (Å²) in [4.78, 5) is 4.61. The third-order valence-electron chi connectivity index (χ3n) is 3.48. The van der Waals surface area contributed by atoms with Crippen molar-refractivity contribution in [3.05, 3.63) is 24.0 Å². The number of guanidine groups is 3. The second-order valence-corrected chi connectivity index (χ2v) is 5.19. The standard InChI is InChI=1S/C14H20FN7O/c15-9-6-3-7-10(23-8-4-1-2-5-8)11(9)21-14(20)22(12(16)17)13(18)19/h3,6-8H,1-2,4-5H2,(H3,16,17)(H3,18,19)(H2,20,21). The summed E-state index contributed by atoms with van der Waals surface area (Å²) in [7, 11) is 0. The Kier molecular flexibility index (Phi) is 4.99. The fraction of sp³-hybridized carbons (Fsp3) is 0.357. The van der Waals surface area contributed by atoms with Gasteiger partial charge in [-0.25, -0.2) is 14.3 Å². The van der Waals surface area contributed by atoms with Crippen molar-refractivity contribution >= 4 is 23.6 Å². The maximum Gasteiger partial charge on any atom is 0.210 e. The third kappa shape index (κ3) is 3.87. The van der Waals surface area contributed by atoms with Crippen LogP contribution in [0.3, 0.4) is 0 Å². The minimum atomic E-state index is -0.629. The molecule has 1 aliphatic carbocycles. The molecule has 1 aliphatic rings. The van der Waals surface area contributed by atoms with E-state index >= 15 is 0 Å². The van der Waals surface area contributed by atoms with Crippen LogP contribution in [0.15, 0.2) is 23.2 Å². The smallest absolute Gasteiger partial charge is 0.210 e. The van der Waals surface area contributed by atoms with Gasteiger partial charge in [0.2, 0.25) is 17.9 Å². The maximum absolute atomic E-state index is 14.1. The molecule has 0 heterocycles. The lowest BCUT2D eigenvalue weighted by Crippen LogP contribution is -2.51. The molecule has 0 aromatic heterocycles. The van der Waals surface area contributed by atoms with Gasteiger partial charge in [0.1, 0.15) is 11.4 Å². The summed E-state index contributed by atoms with van der Waals surface area (Å²) in [6.45, 7) is 0. The van der Waals surface area contributed by atoms with Gasteiger partial charge in [-0.05, 0) is 37.8 Å². The van der Waals surface area contributed by atoms with E-state index in [-0.39, 0.29) is 23.5 Å². The normalized spacial score (nSPS) is 15.4. The van der Waals surface area contributed by atoms with Crippen LogP contribution in [0.5, 0.6) is 5.75 Å². The summed E-state index contributed by atoms with van der Waals surface area (Å²) in [5, 5.41) is 14.7. The maximum atomic E-state index is 14.1. The first-order chi connectivity index (χ1) is 10.9. The van der Waals surface area contributed by atoms with Crippen LogP contribution in [0, 0.1) is 16.6 Å². The van der Waals surface area contributed by atoms with Crippen molar-refractivity contribution in [1.29, 1.82) is 10.8 Å². The molecule has 0 unspecified atom stereocenters. The van der Waals surface area contributed by atoms with E-state index in [1.807, 2.05) is 0 Å². The first kappa shape index (κ1) is 16.5. The van der Waals surface area contributed by atoms with Gasteiger partial charge < -0.3 is 21.9 Å². The lowest BCUT2D eigenvalue weighted by molar-refractivity contribution is 0.210. The molecular formula is C14H20FN7O. The van der Waals surface area contributed by atoms with Crippen molar-refractivity contribution in [3.8, 4) is 5.75 Å². The molecule has 0 amide bonds. The molecule has 0 saturated heterocycles. The van der Waals surface area contributed by atoms with Gasteiger partial charge in [-0.15, -0.1) is 0 Å². The summed E-state index contributed by atoms with van der Waals surface area (Å²) >= 11 is 0. The van der Waals surface area contributed by atoms with Crippen LogP contribution >= 0.6 is 0 Å². The highest BCUT2D eigenvalue weighted by Gasteiger charge is 2.21. The van der Waals surface area contributed by atoms with Crippen molar-refractivity contribution in [2.24, 2.45) is 22.2 Å². The molecule has 8 N–H and O–H groups in total. The Labute approximate surface area is 133 Å². The monoisotopic (exact) mass is 321 g/mol. The Morgan fingerprint density at radius 3 is 2.35 bits per heavy atom. The first-order valence-electron chi connectivity index (χ1n) is 7.17. The lowest BCUT2D eigenvalue weighted by atomic mass is 10.2. The molecule has 0 bridgehead atoms. The van der Waals surface area contributed by atoms with Crippen molar-refractivity contribution in [2.75, 3.05) is 0 Å². The number of hydrogen-bond acceptors (Lipinski definition) is 4. The van der Waals surface area contributed by atoms with E-state index in [4.69, 9.17) is 32.8 Å². The summed E-state index contributed by atoms with van der Waals surface area (Å²) in [5.41, 5.74) is 16.2. The van der Waals surface area contributed by atoms with E-state index in [2.05, 4.69) is 4.99 Å². The molecule has 1 aromatic carbocycles. The Morgan fingerprint density at radius 2 is 1.78 bits per heavy atom. The molecule has 9 heteroatoms. The molecule has 1 aromatic rings. The predicted molar refractivity (Wildman–Crippen MR) is 86.2 cm³/mol. The number of para-hydroxylation sites is 1. The molecule has 124 valence electrons. The number of benzene rings is 1. The van der Waals surface area contributed by atoms with Crippen molar-refractivity contribution in [3.63, 3.8) is 0 Å². The number of rotatable bonds is 3. The Balaban J connectivity index is 2.35. The second kappa shape index (κ2) is 6.95. The minimum Gasteiger partial charge on any atom is -0.488 e. The number of hydrogen-bond donors (Lipinski definition) is 5. The van der Waals surface area contributed by atoms with Gasteiger partial charge in [0.25, 0.3) is 0 Å². The van der Waals surface area contributed by atoms with Crippen LogP contribution in [-0.4, -0.2) is 28.9 Å². The van der Waals surface area contributed by atoms with Gasteiger partial charge in [-0.2, -0.15) is 0 Å². The Morgan fingerprint density at radius 1 is 1.17 bits per heavy atom. The molecule has 0 aliphatic heterocycles. The molecule has 0 atom stereocenters. The number of nitrogens with two attached hydrogens (primary N) is 3. The highest BCUT2D eigenvalue weighted by atomic mass is 19.1. The average molecular weight is 321 g/mol. The van der Waals surface area contributed by atoms with E-state index in [0.29, 0.717) is 4.90 Å². The molecular weight excluding hydrogens is 301 g/mol. The number of ether oxygens (including phenoxy) is 1. The van der Waals surface area contributed by atoms with Gasteiger partial charge >= 0.3 is 0 Å². The number of halogens is 1. The highest BCUT2D eigenvalue weighted by Crippen LogP contribution is 2.34. The summed E-state index contributed by atoms with van der Waals surface area (Å²) in [5.74, 6) is -1.93. The van der Waals surface area contributed by atoms with Gasteiger partial charge in [0, 0.05) is 0 Å². The van der Waals surface area contributed by atoms with Crippen LogP contribution in [0.2, 0.25) is 0 Å². The Bertz CT molecular complexity index is 626. The Hall–Kier alpha value is -2.84. The van der Waals surface area contributed by atoms with Gasteiger partial charge in [-0.3, -0.25) is 10.8 Å². The van der Waals surface area contributed by atoms with Crippen LogP contribution in [0.4, 0.5) is 10.1 Å². The van der Waals surface area contributed by atoms with Crippen molar-refractivity contribution in [2.45, 2.75) is 31.8 Å². The number of nitrogens with one attached hydrogen (secondary N) is 2. The van der Waals surface area contributed by atoms with E-state index < -0.39 is 17.7 Å². The van der Waals surface area contributed by atoms with Crippen molar-refractivity contribution < 1.29 is 9.13 Å². The summed E-state index contributed by atoms with van der Waals surface area (Å²) in [6, 6.07) is 4.33. The van der Waals surface area contributed by atoms with Crippen LogP contribution in [0.25, 0.3) is 0 Å². The van der Waals surface area contributed by atoms with E-state index in [9.17, 15) is 4.39 Å². The van der Waals surface area contributed by atoms with Crippen molar-refractivity contribution in [1.82, 2.24) is 4.90 Å². The van der Waals surface area contributed by atoms with Crippen LogP contribution in [-0.2, 0) is 0 Å². The fourth-order valence-electron chi connectivity index (χ4n) is 2.43. The van der Waals surface area contributed by atoms with Crippen LogP contribution in [0.1, 0.15) is 25.7 Å². The molecule has 1 fully saturated rings. The van der Waals surface area contributed by atoms with Crippen LogP contribution < -0.4 is 21.9 Å². The quantitative estimate of drug-likeness (QED) is 0.418. The largest absolute Gasteiger partial charge is 0.488 e. The highest BCUT2D eigenvalue weighted by molar-refractivity contribution is 6.11. The predicted octanol–water partition coefficient (Wildman–Crippen LogP) is 1.18. The molecule has 0 spiro atoms. The third-order valence-corrected chi connectivity index (χ3v) is 3.48. The summed E-state index contributed by atoms with van der Waals surface area (Å²) in [6.07, 6.45) is 3.97. The zero-order valence-electron chi connectivity index (χ0n) is 12.6. The first-order valence-corrected chi connectivity index (χ1v) is 7.17. The summed E-state index contributed by atoms with van der Waals surface area (Å²) < 4.78 is 19.9. The van der Waals surface area contributed by atoms with E-state index in [1.165, 1.54) is 12.1 Å². The second-order valence-electron chi connectivity index (χ2n) is 5.19. The minimum absolute atomic E-state index is 0.0173. The van der Waals surface area contributed by atoms with E-state index in [0.717, 1.165) is 25.7 Å². The molecule has 2 rings (SSSR count). The van der Waals surface area contributed by atoms with E-state index in [1.54, 1.807) is 6.07 Å².